The Hall–Kier alpha value is -0.350. The van der Waals surface area contributed by atoms with Crippen LogP contribution in [0.3, 0.4) is 0 Å². The second-order valence-electron chi connectivity index (χ2n) is 3.43. The van der Waals surface area contributed by atoms with Crippen LogP contribution in [-0.4, -0.2) is 14.2 Å². The van der Waals surface area contributed by atoms with Gasteiger partial charge in [-0.15, -0.1) is 11.3 Å². The maximum atomic E-state index is 11.6. The van der Waals surface area contributed by atoms with Crippen LogP contribution in [0.4, 0.5) is 0 Å². The van der Waals surface area contributed by atoms with Gasteiger partial charge in [-0.25, -0.2) is 8.42 Å². The third-order valence-corrected chi connectivity index (χ3v) is 5.00. The summed E-state index contributed by atoms with van der Waals surface area (Å²) < 4.78 is 23.7. The molecule has 74 valence electrons. The van der Waals surface area contributed by atoms with E-state index in [4.69, 9.17) is 0 Å². The molecule has 13 heavy (non-hydrogen) atoms. The summed E-state index contributed by atoms with van der Waals surface area (Å²) in [6.45, 7) is 4.06. The highest BCUT2D eigenvalue weighted by Crippen LogP contribution is 2.19. The largest absolute Gasteiger partial charge is 0.223 e. The van der Waals surface area contributed by atoms with Crippen molar-refractivity contribution in [1.82, 2.24) is 0 Å². The van der Waals surface area contributed by atoms with Crippen LogP contribution in [-0.2, 0) is 9.84 Å². The molecule has 0 aromatic carbocycles. The summed E-state index contributed by atoms with van der Waals surface area (Å²) in [6, 6.07) is 3.44. The smallest absolute Gasteiger partial charge is 0.187 e. The van der Waals surface area contributed by atoms with E-state index in [2.05, 4.69) is 0 Å². The molecule has 4 heteroatoms. The molecule has 0 fully saturated rings. The van der Waals surface area contributed by atoms with Crippen molar-refractivity contribution in [3.8, 4) is 0 Å². The van der Waals surface area contributed by atoms with Crippen LogP contribution >= 0.6 is 11.3 Å². The minimum Gasteiger partial charge on any atom is -0.223 e. The lowest BCUT2D eigenvalue weighted by atomic mass is 10.2. The van der Waals surface area contributed by atoms with Gasteiger partial charge in [-0.05, 0) is 23.8 Å². The van der Waals surface area contributed by atoms with Gasteiger partial charge < -0.3 is 0 Å². The predicted molar refractivity (Wildman–Crippen MR) is 55.8 cm³/mol. The number of rotatable bonds is 4. The minimum absolute atomic E-state index is 0.269. The molecule has 0 aliphatic heterocycles. The maximum absolute atomic E-state index is 11.6. The van der Waals surface area contributed by atoms with E-state index in [-0.39, 0.29) is 5.75 Å². The molecule has 0 spiro atoms. The van der Waals surface area contributed by atoms with E-state index in [1.807, 2.05) is 13.8 Å². The molecule has 0 radical (unpaired) electrons. The molecule has 0 amide bonds. The van der Waals surface area contributed by atoms with Crippen LogP contribution < -0.4 is 0 Å². The molecule has 0 bridgehead atoms. The van der Waals surface area contributed by atoms with Gasteiger partial charge in [-0.3, -0.25) is 0 Å². The van der Waals surface area contributed by atoms with Crippen LogP contribution in [0.15, 0.2) is 21.7 Å². The Labute approximate surface area is 83.5 Å². The maximum Gasteiger partial charge on any atom is 0.187 e. The van der Waals surface area contributed by atoms with Gasteiger partial charge in [0.05, 0.1) is 5.75 Å². The first-order valence-electron chi connectivity index (χ1n) is 4.28. The van der Waals surface area contributed by atoms with Gasteiger partial charge in [-0.1, -0.05) is 19.9 Å². The Morgan fingerprint density at radius 3 is 2.62 bits per heavy atom. The number of thiophene rings is 1. The van der Waals surface area contributed by atoms with Crippen LogP contribution in [0.1, 0.15) is 20.3 Å². The predicted octanol–water partition coefficient (Wildman–Crippen LogP) is 2.57. The molecule has 1 aromatic heterocycles. The molecule has 2 nitrogen and oxygen atoms in total. The highest BCUT2D eigenvalue weighted by atomic mass is 32.2. The van der Waals surface area contributed by atoms with Crippen LogP contribution in [0, 0.1) is 5.92 Å². The SMILES string of the molecule is CC(C)CCS(=O)(=O)c1cccs1. The Bertz CT molecular complexity index is 336. The fraction of sp³-hybridized carbons (Fsp3) is 0.556. The van der Waals surface area contributed by atoms with E-state index in [0.29, 0.717) is 10.1 Å². The summed E-state index contributed by atoms with van der Waals surface area (Å²) in [5.74, 6) is 0.709. The van der Waals surface area contributed by atoms with Gasteiger partial charge in [0.15, 0.2) is 9.84 Å². The molecule has 1 rings (SSSR count). The molecule has 0 N–H and O–H groups in total. The van der Waals surface area contributed by atoms with Crippen LogP contribution in [0.25, 0.3) is 0 Å². The zero-order valence-electron chi connectivity index (χ0n) is 7.86. The molecule has 0 atom stereocenters. The topological polar surface area (TPSA) is 34.1 Å². The fourth-order valence-corrected chi connectivity index (χ4v) is 3.65. The van der Waals surface area contributed by atoms with Crippen molar-refractivity contribution in [3.63, 3.8) is 0 Å². The quantitative estimate of drug-likeness (QED) is 0.778. The molecular formula is C9H14O2S2. The van der Waals surface area contributed by atoms with E-state index in [1.54, 1.807) is 17.5 Å². The minimum atomic E-state index is -2.99. The lowest BCUT2D eigenvalue weighted by molar-refractivity contribution is 0.575. The first kappa shape index (κ1) is 10.7. The van der Waals surface area contributed by atoms with E-state index in [1.165, 1.54) is 11.3 Å². The zero-order valence-corrected chi connectivity index (χ0v) is 9.49. The highest BCUT2D eigenvalue weighted by Gasteiger charge is 2.15. The molecule has 0 aliphatic rings. The van der Waals surface area contributed by atoms with Gasteiger partial charge >= 0.3 is 0 Å². The lowest BCUT2D eigenvalue weighted by Gasteiger charge is -2.03. The van der Waals surface area contributed by atoms with Crippen molar-refractivity contribution in [3.05, 3.63) is 17.5 Å². The first-order valence-corrected chi connectivity index (χ1v) is 6.82. The van der Waals surface area contributed by atoms with Gasteiger partial charge in [0.1, 0.15) is 4.21 Å². The summed E-state index contributed by atoms with van der Waals surface area (Å²) in [5.41, 5.74) is 0. The van der Waals surface area contributed by atoms with Crippen LogP contribution in [0.2, 0.25) is 0 Å². The number of sulfone groups is 1. The number of hydrogen-bond acceptors (Lipinski definition) is 3. The average Bonchev–Trinajstić information content (AvgIpc) is 2.53. The van der Waals surface area contributed by atoms with Gasteiger partial charge in [0, 0.05) is 0 Å². The Morgan fingerprint density at radius 1 is 1.46 bits per heavy atom. The summed E-state index contributed by atoms with van der Waals surface area (Å²) in [6.07, 6.45) is 0.736. The molecule has 0 aliphatic carbocycles. The van der Waals surface area contributed by atoms with Crippen molar-refractivity contribution in [2.24, 2.45) is 5.92 Å². The van der Waals surface area contributed by atoms with E-state index < -0.39 is 9.84 Å². The molecule has 1 heterocycles. The second kappa shape index (κ2) is 4.24. The molecular weight excluding hydrogens is 204 g/mol. The zero-order chi connectivity index (χ0) is 9.90. The van der Waals surface area contributed by atoms with Gasteiger partial charge in [-0.2, -0.15) is 0 Å². The third-order valence-electron chi connectivity index (χ3n) is 1.77. The summed E-state index contributed by atoms with van der Waals surface area (Å²) in [5, 5.41) is 1.79. The summed E-state index contributed by atoms with van der Waals surface area (Å²) in [7, 11) is -2.99. The van der Waals surface area contributed by atoms with Crippen LogP contribution in [0.5, 0.6) is 0 Å². The van der Waals surface area contributed by atoms with Crippen molar-refractivity contribution in [1.29, 1.82) is 0 Å². The normalized spacial score (nSPS) is 12.2. The van der Waals surface area contributed by atoms with Gasteiger partial charge in [0.2, 0.25) is 0 Å². The number of hydrogen-bond donors (Lipinski definition) is 0. The summed E-state index contributed by atoms with van der Waals surface area (Å²) in [4.78, 5) is 0. The van der Waals surface area contributed by atoms with E-state index >= 15 is 0 Å². The molecule has 0 saturated heterocycles. The molecule has 1 aromatic rings. The fourth-order valence-electron chi connectivity index (χ4n) is 0.932. The third kappa shape index (κ3) is 3.12. The van der Waals surface area contributed by atoms with E-state index in [9.17, 15) is 8.42 Å². The molecule has 0 unspecified atom stereocenters. The average molecular weight is 218 g/mol. The molecule has 0 saturated carbocycles. The first-order chi connectivity index (χ1) is 6.02. The lowest BCUT2D eigenvalue weighted by Crippen LogP contribution is -2.07. The van der Waals surface area contributed by atoms with Gasteiger partial charge in [0.25, 0.3) is 0 Å². The Balaban J connectivity index is 2.68. The van der Waals surface area contributed by atoms with Crippen molar-refractivity contribution < 1.29 is 8.42 Å². The highest BCUT2D eigenvalue weighted by molar-refractivity contribution is 7.93. The summed E-state index contributed by atoms with van der Waals surface area (Å²) >= 11 is 1.29. The monoisotopic (exact) mass is 218 g/mol. The van der Waals surface area contributed by atoms with E-state index in [0.717, 1.165) is 6.42 Å². The van der Waals surface area contributed by atoms with Crippen molar-refractivity contribution in [2.75, 3.05) is 5.75 Å². The van der Waals surface area contributed by atoms with Crippen molar-refractivity contribution in [2.45, 2.75) is 24.5 Å². The van der Waals surface area contributed by atoms with Crippen molar-refractivity contribution >= 4 is 21.2 Å². The Kier molecular flexibility index (Phi) is 3.50. The Morgan fingerprint density at radius 2 is 2.15 bits per heavy atom. The second-order valence-corrected chi connectivity index (χ2v) is 6.72. The standard InChI is InChI=1S/C9H14O2S2/c1-8(2)5-7-13(10,11)9-4-3-6-12-9/h3-4,6,8H,5,7H2,1-2H3.